The molecular formula is C21H21N5O4. The molecule has 154 valence electrons. The van der Waals surface area contributed by atoms with Crippen molar-refractivity contribution in [3.05, 3.63) is 75.6 Å². The van der Waals surface area contributed by atoms with Gasteiger partial charge >= 0.3 is 11.7 Å². The summed E-state index contributed by atoms with van der Waals surface area (Å²) in [4.78, 5) is 31.3. The molecule has 0 fully saturated rings. The standard InChI is InChI=1S/C21H21N5O4/c1-4-30-21(27)15-6-5-7-16(11-15)24-19-18(26(28)29)20(23-12-22-19)25-17-10-13(2)8-9-14(17)3/h5-12H,4H2,1-3H3,(H2,22,23,24,25). The SMILES string of the molecule is CCOC(=O)c1cccc(Nc2ncnc(Nc3cc(C)ccc3C)c2[N+](=O)[O-])c1. The first-order valence-corrected chi connectivity index (χ1v) is 9.27. The van der Waals surface area contributed by atoms with Gasteiger partial charge in [0.05, 0.1) is 17.1 Å². The second kappa shape index (κ2) is 8.99. The molecule has 0 spiro atoms. The lowest BCUT2D eigenvalue weighted by Gasteiger charge is -2.12. The summed E-state index contributed by atoms with van der Waals surface area (Å²) in [5.41, 5.74) is 3.12. The highest BCUT2D eigenvalue weighted by Crippen LogP contribution is 2.34. The Labute approximate surface area is 173 Å². The summed E-state index contributed by atoms with van der Waals surface area (Å²) in [7, 11) is 0. The van der Waals surface area contributed by atoms with E-state index in [2.05, 4.69) is 20.6 Å². The Bertz CT molecular complexity index is 1100. The van der Waals surface area contributed by atoms with E-state index in [9.17, 15) is 14.9 Å². The van der Waals surface area contributed by atoms with Gasteiger partial charge < -0.3 is 15.4 Å². The number of carbonyl (C=O) groups excluding carboxylic acids is 1. The van der Waals surface area contributed by atoms with Gasteiger partial charge in [-0.2, -0.15) is 0 Å². The van der Waals surface area contributed by atoms with Crippen LogP contribution < -0.4 is 10.6 Å². The Morgan fingerprint density at radius 1 is 1.10 bits per heavy atom. The maximum absolute atomic E-state index is 11.9. The van der Waals surface area contributed by atoms with Gasteiger partial charge in [-0.3, -0.25) is 10.1 Å². The number of benzene rings is 2. The molecule has 9 heteroatoms. The number of carbonyl (C=O) groups is 1. The number of anilines is 4. The molecule has 1 aromatic heterocycles. The lowest BCUT2D eigenvalue weighted by molar-refractivity contribution is -0.383. The first kappa shape index (κ1) is 20.7. The van der Waals surface area contributed by atoms with Crippen molar-refractivity contribution in [1.82, 2.24) is 9.97 Å². The highest BCUT2D eigenvalue weighted by Gasteiger charge is 2.24. The molecule has 0 atom stereocenters. The van der Waals surface area contributed by atoms with Crippen molar-refractivity contribution in [2.24, 2.45) is 0 Å². The fourth-order valence-electron chi connectivity index (χ4n) is 2.81. The van der Waals surface area contributed by atoms with E-state index >= 15 is 0 Å². The molecule has 9 nitrogen and oxygen atoms in total. The molecule has 0 saturated heterocycles. The summed E-state index contributed by atoms with van der Waals surface area (Å²) in [6, 6.07) is 12.2. The normalized spacial score (nSPS) is 10.4. The minimum Gasteiger partial charge on any atom is -0.462 e. The fourth-order valence-corrected chi connectivity index (χ4v) is 2.81. The van der Waals surface area contributed by atoms with E-state index in [1.165, 1.54) is 6.33 Å². The summed E-state index contributed by atoms with van der Waals surface area (Å²) in [6.45, 7) is 5.80. The van der Waals surface area contributed by atoms with Crippen LogP contribution in [0.25, 0.3) is 0 Å². The molecule has 0 radical (unpaired) electrons. The Morgan fingerprint density at radius 2 is 1.83 bits per heavy atom. The molecular weight excluding hydrogens is 386 g/mol. The van der Waals surface area contributed by atoms with E-state index in [0.717, 1.165) is 11.1 Å². The zero-order valence-electron chi connectivity index (χ0n) is 16.8. The van der Waals surface area contributed by atoms with Crippen LogP contribution in [0.1, 0.15) is 28.4 Å². The van der Waals surface area contributed by atoms with Crippen LogP contribution >= 0.6 is 0 Å². The second-order valence-electron chi connectivity index (χ2n) is 6.55. The molecule has 0 bridgehead atoms. The highest BCUT2D eigenvalue weighted by atomic mass is 16.6. The van der Waals surface area contributed by atoms with Gasteiger partial charge in [-0.15, -0.1) is 0 Å². The average Bonchev–Trinajstić information content (AvgIpc) is 2.71. The lowest BCUT2D eigenvalue weighted by Crippen LogP contribution is -2.07. The molecule has 0 unspecified atom stereocenters. The monoisotopic (exact) mass is 407 g/mol. The van der Waals surface area contributed by atoms with Crippen LogP contribution in [0.3, 0.4) is 0 Å². The van der Waals surface area contributed by atoms with E-state index in [-0.39, 0.29) is 23.9 Å². The van der Waals surface area contributed by atoms with Crippen LogP contribution in [0.4, 0.5) is 28.7 Å². The Balaban J connectivity index is 1.96. The lowest BCUT2D eigenvalue weighted by atomic mass is 10.1. The molecule has 0 aliphatic rings. The molecule has 2 aromatic carbocycles. The number of nitro groups is 1. The van der Waals surface area contributed by atoms with Crippen LogP contribution in [0.2, 0.25) is 0 Å². The largest absolute Gasteiger partial charge is 0.462 e. The molecule has 0 aliphatic carbocycles. The predicted molar refractivity (Wildman–Crippen MR) is 114 cm³/mol. The van der Waals surface area contributed by atoms with Crippen molar-refractivity contribution in [3.8, 4) is 0 Å². The van der Waals surface area contributed by atoms with Gasteiger partial charge in [0.2, 0.25) is 11.6 Å². The van der Waals surface area contributed by atoms with E-state index in [4.69, 9.17) is 4.74 Å². The summed E-state index contributed by atoms with van der Waals surface area (Å²) < 4.78 is 4.99. The average molecular weight is 407 g/mol. The molecule has 0 aliphatic heterocycles. The van der Waals surface area contributed by atoms with Crippen LogP contribution in [0, 0.1) is 24.0 Å². The van der Waals surface area contributed by atoms with Crippen molar-refractivity contribution < 1.29 is 14.5 Å². The number of nitrogens with one attached hydrogen (secondary N) is 2. The molecule has 0 amide bonds. The highest BCUT2D eigenvalue weighted by molar-refractivity contribution is 5.91. The topological polar surface area (TPSA) is 119 Å². The quantitative estimate of drug-likeness (QED) is 0.329. The summed E-state index contributed by atoms with van der Waals surface area (Å²) >= 11 is 0. The van der Waals surface area contributed by atoms with Gasteiger partial charge in [0.1, 0.15) is 6.33 Å². The van der Waals surface area contributed by atoms with Crippen molar-refractivity contribution in [1.29, 1.82) is 0 Å². The van der Waals surface area contributed by atoms with Crippen molar-refractivity contribution in [2.45, 2.75) is 20.8 Å². The molecule has 30 heavy (non-hydrogen) atoms. The van der Waals surface area contributed by atoms with Crippen LogP contribution in [0.15, 0.2) is 48.8 Å². The van der Waals surface area contributed by atoms with Crippen molar-refractivity contribution in [2.75, 3.05) is 17.2 Å². The number of ether oxygens (including phenoxy) is 1. The minimum atomic E-state index is -0.551. The fraction of sp³-hybridized carbons (Fsp3) is 0.190. The van der Waals surface area contributed by atoms with E-state index in [1.54, 1.807) is 31.2 Å². The van der Waals surface area contributed by atoms with Gasteiger partial charge in [-0.25, -0.2) is 14.8 Å². The molecule has 3 rings (SSSR count). The zero-order chi connectivity index (χ0) is 21.7. The number of aromatic nitrogens is 2. The van der Waals surface area contributed by atoms with E-state index in [1.807, 2.05) is 32.0 Å². The third-order valence-corrected chi connectivity index (χ3v) is 4.29. The number of hydrogen-bond donors (Lipinski definition) is 2. The Morgan fingerprint density at radius 3 is 2.53 bits per heavy atom. The van der Waals surface area contributed by atoms with Crippen LogP contribution in [-0.2, 0) is 4.74 Å². The van der Waals surface area contributed by atoms with Gasteiger partial charge in [0, 0.05) is 11.4 Å². The van der Waals surface area contributed by atoms with Crippen molar-refractivity contribution in [3.63, 3.8) is 0 Å². The smallest absolute Gasteiger partial charge is 0.353 e. The van der Waals surface area contributed by atoms with Crippen LogP contribution in [-0.4, -0.2) is 27.5 Å². The molecule has 1 heterocycles. The predicted octanol–water partition coefficient (Wildman–Crippen LogP) is 4.67. The third kappa shape index (κ3) is 4.69. The van der Waals surface area contributed by atoms with Gasteiger partial charge in [-0.1, -0.05) is 18.2 Å². The Hall–Kier alpha value is -4.01. The van der Waals surface area contributed by atoms with Gasteiger partial charge in [-0.05, 0) is 56.2 Å². The molecule has 2 N–H and O–H groups in total. The molecule has 3 aromatic rings. The van der Waals surface area contributed by atoms with E-state index < -0.39 is 10.9 Å². The zero-order valence-corrected chi connectivity index (χ0v) is 16.8. The molecule has 0 saturated carbocycles. The first-order chi connectivity index (χ1) is 14.4. The Kier molecular flexibility index (Phi) is 6.21. The van der Waals surface area contributed by atoms with Crippen LogP contribution in [0.5, 0.6) is 0 Å². The first-order valence-electron chi connectivity index (χ1n) is 9.27. The van der Waals surface area contributed by atoms with Gasteiger partial charge in [0.25, 0.3) is 0 Å². The minimum absolute atomic E-state index is 0.00353. The number of esters is 1. The summed E-state index contributed by atoms with van der Waals surface area (Å²) in [5.74, 6) is -0.410. The van der Waals surface area contributed by atoms with Crippen molar-refractivity contribution >= 4 is 34.7 Å². The number of nitrogens with zero attached hydrogens (tertiary/aromatic N) is 3. The number of hydrogen-bond acceptors (Lipinski definition) is 8. The number of aryl methyl sites for hydroxylation is 2. The summed E-state index contributed by atoms with van der Waals surface area (Å²) in [5, 5.41) is 17.7. The second-order valence-corrected chi connectivity index (χ2v) is 6.55. The number of rotatable bonds is 7. The maximum atomic E-state index is 11.9. The van der Waals surface area contributed by atoms with E-state index in [0.29, 0.717) is 16.9 Å². The third-order valence-electron chi connectivity index (χ3n) is 4.29. The summed E-state index contributed by atoms with van der Waals surface area (Å²) in [6.07, 6.45) is 1.23. The maximum Gasteiger partial charge on any atom is 0.353 e. The van der Waals surface area contributed by atoms with Gasteiger partial charge in [0.15, 0.2) is 0 Å².